The maximum absolute atomic E-state index is 4.65. The van der Waals surface area contributed by atoms with Gasteiger partial charge in [0.05, 0.1) is 0 Å². The minimum atomic E-state index is 0.367. The molecule has 0 radical (unpaired) electrons. The van der Waals surface area contributed by atoms with E-state index in [4.69, 9.17) is 0 Å². The standard InChI is InChI=1S/C17H19IN2/c1-2-19-17(13-5-3-7-14(18)11-13)15-9-8-12-6-4-10-20-16(12)15/h3-7,10-11,15,17,19H,2,8-9H2,1H3. The van der Waals surface area contributed by atoms with Crippen LogP contribution in [0.25, 0.3) is 0 Å². The summed E-state index contributed by atoms with van der Waals surface area (Å²) in [6.07, 6.45) is 4.27. The molecule has 1 aliphatic rings. The largest absolute Gasteiger partial charge is 0.310 e. The van der Waals surface area contributed by atoms with Gasteiger partial charge in [-0.2, -0.15) is 0 Å². The van der Waals surface area contributed by atoms with E-state index in [1.54, 1.807) is 0 Å². The first kappa shape index (κ1) is 14.0. The third kappa shape index (κ3) is 2.74. The molecule has 2 nitrogen and oxygen atoms in total. The molecule has 0 saturated carbocycles. The van der Waals surface area contributed by atoms with Gasteiger partial charge in [0.15, 0.2) is 0 Å². The van der Waals surface area contributed by atoms with E-state index < -0.39 is 0 Å². The third-order valence-electron chi connectivity index (χ3n) is 4.04. The van der Waals surface area contributed by atoms with E-state index in [0.29, 0.717) is 12.0 Å². The zero-order valence-corrected chi connectivity index (χ0v) is 13.8. The van der Waals surface area contributed by atoms with Crippen molar-refractivity contribution in [3.63, 3.8) is 0 Å². The molecule has 0 bridgehead atoms. The lowest BCUT2D eigenvalue weighted by Crippen LogP contribution is -2.26. The maximum atomic E-state index is 4.65. The fraction of sp³-hybridized carbons (Fsp3) is 0.353. The molecule has 1 N–H and O–H groups in total. The number of hydrogen-bond acceptors (Lipinski definition) is 2. The summed E-state index contributed by atoms with van der Waals surface area (Å²) in [5.74, 6) is 0.490. The highest BCUT2D eigenvalue weighted by Gasteiger charge is 2.31. The van der Waals surface area contributed by atoms with E-state index in [9.17, 15) is 0 Å². The number of aromatic nitrogens is 1. The Morgan fingerprint density at radius 3 is 3.05 bits per heavy atom. The number of fused-ring (bicyclic) bond motifs is 1. The topological polar surface area (TPSA) is 24.9 Å². The monoisotopic (exact) mass is 378 g/mol. The van der Waals surface area contributed by atoms with E-state index in [1.165, 1.54) is 26.8 Å². The van der Waals surface area contributed by atoms with Gasteiger partial charge in [-0.25, -0.2) is 0 Å². The smallest absolute Gasteiger partial charge is 0.0485 e. The Kier molecular flexibility index (Phi) is 4.36. The predicted octanol–water partition coefficient (Wildman–Crippen LogP) is 4.07. The van der Waals surface area contributed by atoms with Crippen LogP contribution in [0, 0.1) is 3.57 Å². The van der Waals surface area contributed by atoms with Crippen LogP contribution in [0.2, 0.25) is 0 Å². The fourth-order valence-electron chi connectivity index (χ4n) is 3.18. The number of nitrogens with zero attached hydrogens (tertiary/aromatic N) is 1. The average molecular weight is 378 g/mol. The number of nitrogens with one attached hydrogen (secondary N) is 1. The molecule has 0 saturated heterocycles. The highest BCUT2D eigenvalue weighted by Crippen LogP contribution is 2.40. The lowest BCUT2D eigenvalue weighted by molar-refractivity contribution is 0.447. The van der Waals surface area contributed by atoms with Crippen molar-refractivity contribution in [3.8, 4) is 0 Å². The molecule has 3 rings (SSSR count). The summed E-state index contributed by atoms with van der Waals surface area (Å²) < 4.78 is 1.29. The molecule has 1 aromatic carbocycles. The molecule has 0 amide bonds. The Labute approximate surface area is 134 Å². The first-order valence-corrected chi connectivity index (χ1v) is 8.30. The van der Waals surface area contributed by atoms with Gasteiger partial charge >= 0.3 is 0 Å². The van der Waals surface area contributed by atoms with E-state index in [0.717, 1.165) is 13.0 Å². The molecule has 2 atom stereocenters. The Morgan fingerprint density at radius 2 is 2.25 bits per heavy atom. The second-order valence-corrected chi connectivity index (χ2v) is 6.53. The lowest BCUT2D eigenvalue weighted by Gasteiger charge is -2.25. The summed E-state index contributed by atoms with van der Waals surface area (Å²) in [5, 5.41) is 3.67. The number of pyridine rings is 1. The van der Waals surface area contributed by atoms with Crippen molar-refractivity contribution >= 4 is 22.6 Å². The molecule has 1 heterocycles. The highest BCUT2D eigenvalue weighted by atomic mass is 127. The lowest BCUT2D eigenvalue weighted by atomic mass is 9.90. The minimum Gasteiger partial charge on any atom is -0.310 e. The summed E-state index contributed by atoms with van der Waals surface area (Å²) in [6.45, 7) is 3.16. The van der Waals surface area contributed by atoms with E-state index in [-0.39, 0.29) is 0 Å². The number of halogens is 1. The zero-order valence-electron chi connectivity index (χ0n) is 11.6. The molecule has 1 aliphatic carbocycles. The molecule has 0 aliphatic heterocycles. The molecular weight excluding hydrogens is 359 g/mol. The Morgan fingerprint density at radius 1 is 1.35 bits per heavy atom. The van der Waals surface area contributed by atoms with Crippen LogP contribution in [0.5, 0.6) is 0 Å². The summed E-state index contributed by atoms with van der Waals surface area (Å²) in [6, 6.07) is 13.5. The van der Waals surface area contributed by atoms with Gasteiger partial charge in [-0.05, 0) is 71.3 Å². The van der Waals surface area contributed by atoms with Crippen LogP contribution in [-0.2, 0) is 6.42 Å². The first-order chi connectivity index (χ1) is 9.79. The van der Waals surface area contributed by atoms with Crippen LogP contribution in [0.3, 0.4) is 0 Å². The van der Waals surface area contributed by atoms with Crippen molar-refractivity contribution in [3.05, 3.63) is 63.0 Å². The molecular formula is C17H19IN2. The van der Waals surface area contributed by atoms with Gasteiger partial charge in [-0.15, -0.1) is 0 Å². The summed E-state index contributed by atoms with van der Waals surface area (Å²) in [7, 11) is 0. The van der Waals surface area contributed by atoms with Crippen LogP contribution in [-0.4, -0.2) is 11.5 Å². The Balaban J connectivity index is 1.96. The van der Waals surface area contributed by atoms with Crippen LogP contribution in [0.1, 0.15) is 42.1 Å². The minimum absolute atomic E-state index is 0.367. The van der Waals surface area contributed by atoms with Crippen LogP contribution >= 0.6 is 22.6 Å². The predicted molar refractivity (Wildman–Crippen MR) is 90.9 cm³/mol. The van der Waals surface area contributed by atoms with Crippen LogP contribution in [0.15, 0.2) is 42.6 Å². The fourth-order valence-corrected chi connectivity index (χ4v) is 3.75. The summed E-state index contributed by atoms with van der Waals surface area (Å²) in [5.41, 5.74) is 4.09. The van der Waals surface area contributed by atoms with Gasteiger partial charge in [0, 0.05) is 27.4 Å². The van der Waals surface area contributed by atoms with E-state index in [2.05, 4.69) is 76.2 Å². The summed E-state index contributed by atoms with van der Waals surface area (Å²) >= 11 is 2.39. The SMILES string of the molecule is CCNC(c1cccc(I)c1)C1CCc2cccnc21. The van der Waals surface area contributed by atoms with Crippen molar-refractivity contribution < 1.29 is 0 Å². The van der Waals surface area contributed by atoms with Crippen molar-refractivity contribution in [1.82, 2.24) is 10.3 Å². The van der Waals surface area contributed by atoms with Crippen molar-refractivity contribution in [2.45, 2.75) is 31.7 Å². The molecule has 1 aromatic heterocycles. The maximum Gasteiger partial charge on any atom is 0.0485 e. The normalized spacial score (nSPS) is 18.8. The Bertz CT molecular complexity index is 597. The highest BCUT2D eigenvalue weighted by molar-refractivity contribution is 14.1. The van der Waals surface area contributed by atoms with Gasteiger partial charge in [-0.1, -0.05) is 25.1 Å². The number of hydrogen-bond donors (Lipinski definition) is 1. The van der Waals surface area contributed by atoms with Crippen molar-refractivity contribution in [1.29, 1.82) is 0 Å². The third-order valence-corrected chi connectivity index (χ3v) is 4.71. The molecule has 3 heteroatoms. The van der Waals surface area contributed by atoms with Gasteiger partial charge < -0.3 is 5.32 Å². The average Bonchev–Trinajstić information content (AvgIpc) is 2.88. The van der Waals surface area contributed by atoms with Crippen LogP contribution < -0.4 is 5.32 Å². The quantitative estimate of drug-likeness (QED) is 0.812. The number of likely N-dealkylation sites (N-methyl/N-ethyl adjacent to an activating group) is 1. The number of aryl methyl sites for hydroxylation is 1. The van der Waals surface area contributed by atoms with Gasteiger partial charge in [-0.3, -0.25) is 4.98 Å². The van der Waals surface area contributed by atoms with Gasteiger partial charge in [0.25, 0.3) is 0 Å². The molecule has 2 unspecified atom stereocenters. The second-order valence-electron chi connectivity index (χ2n) is 5.28. The molecule has 104 valence electrons. The number of benzene rings is 1. The van der Waals surface area contributed by atoms with Gasteiger partial charge in [0.1, 0.15) is 0 Å². The van der Waals surface area contributed by atoms with Crippen molar-refractivity contribution in [2.24, 2.45) is 0 Å². The van der Waals surface area contributed by atoms with Crippen molar-refractivity contribution in [2.75, 3.05) is 6.54 Å². The molecule has 0 fully saturated rings. The van der Waals surface area contributed by atoms with Crippen LogP contribution in [0.4, 0.5) is 0 Å². The van der Waals surface area contributed by atoms with E-state index in [1.807, 2.05) is 6.20 Å². The zero-order chi connectivity index (χ0) is 13.9. The summed E-state index contributed by atoms with van der Waals surface area (Å²) in [4.78, 5) is 4.65. The first-order valence-electron chi connectivity index (χ1n) is 7.22. The molecule has 2 aromatic rings. The molecule has 20 heavy (non-hydrogen) atoms. The molecule has 0 spiro atoms. The van der Waals surface area contributed by atoms with Gasteiger partial charge in [0.2, 0.25) is 0 Å². The Hall–Kier alpha value is -0.940. The second kappa shape index (κ2) is 6.22. The number of rotatable bonds is 4. The van der Waals surface area contributed by atoms with E-state index >= 15 is 0 Å².